The van der Waals surface area contributed by atoms with E-state index >= 15 is 0 Å². The van der Waals surface area contributed by atoms with Crippen molar-refractivity contribution in [1.82, 2.24) is 24.5 Å². The molecule has 0 fully saturated rings. The van der Waals surface area contributed by atoms with Crippen LogP contribution < -0.4 is 0 Å². The molecule has 0 unspecified atom stereocenters. The SMILES string of the molecule is CCc1cc(C(=O)c2c(Cl)cnn2CCN(C)C)n(C)n1. The number of nitrogens with zero attached hydrogens (tertiary/aromatic N) is 5. The lowest BCUT2D eigenvalue weighted by molar-refractivity contribution is 0.101. The van der Waals surface area contributed by atoms with Gasteiger partial charge in [0.2, 0.25) is 5.78 Å². The van der Waals surface area contributed by atoms with Crippen LogP contribution in [0.4, 0.5) is 0 Å². The molecule has 21 heavy (non-hydrogen) atoms. The molecule has 2 aromatic heterocycles. The maximum absolute atomic E-state index is 12.7. The molecule has 0 aliphatic carbocycles. The highest BCUT2D eigenvalue weighted by Gasteiger charge is 2.22. The Bertz CT molecular complexity index is 644. The van der Waals surface area contributed by atoms with E-state index < -0.39 is 0 Å². The van der Waals surface area contributed by atoms with Crippen molar-refractivity contribution in [1.29, 1.82) is 0 Å². The van der Waals surface area contributed by atoms with Crippen LogP contribution in [0.15, 0.2) is 12.3 Å². The Morgan fingerprint density at radius 2 is 2.14 bits per heavy atom. The summed E-state index contributed by atoms with van der Waals surface area (Å²) in [6, 6.07) is 1.81. The maximum atomic E-state index is 12.7. The molecule has 0 amide bonds. The Morgan fingerprint density at radius 1 is 1.43 bits per heavy atom. The fourth-order valence-corrected chi connectivity index (χ4v) is 2.31. The molecule has 2 rings (SSSR count). The predicted octanol–water partition coefficient (Wildman–Crippen LogP) is 1.62. The zero-order valence-electron chi connectivity index (χ0n) is 12.8. The Kier molecular flexibility index (Phi) is 4.80. The third kappa shape index (κ3) is 3.33. The predicted molar refractivity (Wildman–Crippen MR) is 81.8 cm³/mol. The molecule has 0 N–H and O–H groups in total. The number of carbonyl (C=O) groups excluding carboxylic acids is 1. The van der Waals surface area contributed by atoms with E-state index in [-0.39, 0.29) is 5.78 Å². The number of ketones is 1. The smallest absolute Gasteiger partial charge is 0.230 e. The molecule has 0 aliphatic rings. The van der Waals surface area contributed by atoms with Gasteiger partial charge in [0.1, 0.15) is 11.4 Å². The number of aromatic nitrogens is 4. The number of hydrogen-bond acceptors (Lipinski definition) is 4. The fourth-order valence-electron chi connectivity index (χ4n) is 2.09. The quantitative estimate of drug-likeness (QED) is 0.761. The van der Waals surface area contributed by atoms with Crippen LogP contribution in [0.25, 0.3) is 0 Å². The Hall–Kier alpha value is -1.66. The molecule has 6 nitrogen and oxygen atoms in total. The molecule has 0 spiro atoms. The lowest BCUT2D eigenvalue weighted by Crippen LogP contribution is -2.22. The summed E-state index contributed by atoms with van der Waals surface area (Å²) in [4.78, 5) is 14.8. The summed E-state index contributed by atoms with van der Waals surface area (Å²) in [6.45, 7) is 3.40. The molecule has 0 bridgehead atoms. The number of rotatable bonds is 6. The van der Waals surface area contributed by atoms with Gasteiger partial charge in [-0.3, -0.25) is 14.2 Å². The zero-order chi connectivity index (χ0) is 15.6. The van der Waals surface area contributed by atoms with Crippen molar-refractivity contribution in [2.75, 3.05) is 20.6 Å². The van der Waals surface area contributed by atoms with Crippen molar-refractivity contribution in [3.8, 4) is 0 Å². The zero-order valence-corrected chi connectivity index (χ0v) is 13.6. The summed E-state index contributed by atoms with van der Waals surface area (Å²) in [5.41, 5.74) is 1.83. The van der Waals surface area contributed by atoms with Gasteiger partial charge in [-0.2, -0.15) is 10.2 Å². The average Bonchev–Trinajstić information content (AvgIpc) is 2.99. The van der Waals surface area contributed by atoms with Crippen LogP contribution >= 0.6 is 11.6 Å². The van der Waals surface area contributed by atoms with Gasteiger partial charge in [0, 0.05) is 13.6 Å². The van der Waals surface area contributed by atoms with Crippen molar-refractivity contribution in [3.05, 3.63) is 34.4 Å². The minimum Gasteiger partial charge on any atom is -0.308 e. The van der Waals surface area contributed by atoms with E-state index in [0.717, 1.165) is 18.7 Å². The lowest BCUT2D eigenvalue weighted by Gasteiger charge is -2.11. The maximum Gasteiger partial charge on any atom is 0.230 e. The van der Waals surface area contributed by atoms with E-state index in [1.807, 2.05) is 32.0 Å². The summed E-state index contributed by atoms with van der Waals surface area (Å²) in [7, 11) is 5.71. The van der Waals surface area contributed by atoms with Gasteiger partial charge in [0.05, 0.1) is 23.5 Å². The van der Waals surface area contributed by atoms with Gasteiger partial charge < -0.3 is 4.90 Å². The minimum atomic E-state index is -0.147. The second-order valence-electron chi connectivity index (χ2n) is 5.19. The van der Waals surface area contributed by atoms with Gasteiger partial charge in [0.15, 0.2) is 0 Å². The highest BCUT2D eigenvalue weighted by Crippen LogP contribution is 2.20. The molecular weight excluding hydrogens is 290 g/mol. The molecule has 114 valence electrons. The Labute approximate surface area is 129 Å². The van der Waals surface area contributed by atoms with Gasteiger partial charge in [-0.15, -0.1) is 0 Å². The van der Waals surface area contributed by atoms with Gasteiger partial charge >= 0.3 is 0 Å². The topological polar surface area (TPSA) is 56.0 Å². The van der Waals surface area contributed by atoms with Crippen LogP contribution in [0.2, 0.25) is 5.02 Å². The van der Waals surface area contributed by atoms with E-state index in [0.29, 0.717) is 23.0 Å². The number of hydrogen-bond donors (Lipinski definition) is 0. The molecule has 0 aliphatic heterocycles. The number of likely N-dealkylation sites (N-methyl/N-ethyl adjacent to an activating group) is 1. The average molecular weight is 310 g/mol. The van der Waals surface area contributed by atoms with Crippen molar-refractivity contribution in [2.24, 2.45) is 7.05 Å². The summed E-state index contributed by atoms with van der Waals surface area (Å²) < 4.78 is 3.25. The van der Waals surface area contributed by atoms with Crippen LogP contribution in [0.5, 0.6) is 0 Å². The van der Waals surface area contributed by atoms with Crippen LogP contribution in [0, 0.1) is 0 Å². The lowest BCUT2D eigenvalue weighted by atomic mass is 10.2. The molecule has 0 saturated heterocycles. The van der Waals surface area contributed by atoms with Gasteiger partial charge in [-0.05, 0) is 26.6 Å². The fraction of sp³-hybridized carbons (Fsp3) is 0.500. The van der Waals surface area contributed by atoms with Crippen LogP contribution in [0.3, 0.4) is 0 Å². The molecular formula is C14H20ClN5O. The molecule has 0 aromatic carbocycles. The third-order valence-corrected chi connectivity index (χ3v) is 3.57. The first-order valence-corrected chi connectivity index (χ1v) is 7.25. The van der Waals surface area contributed by atoms with E-state index in [1.165, 1.54) is 6.20 Å². The number of aryl methyl sites for hydroxylation is 2. The number of halogens is 1. The number of carbonyl (C=O) groups is 1. The minimum absolute atomic E-state index is 0.147. The first-order chi connectivity index (χ1) is 9.93. The summed E-state index contributed by atoms with van der Waals surface area (Å²) in [6.07, 6.45) is 2.30. The second-order valence-corrected chi connectivity index (χ2v) is 5.60. The highest BCUT2D eigenvalue weighted by molar-refractivity contribution is 6.34. The monoisotopic (exact) mass is 309 g/mol. The highest BCUT2D eigenvalue weighted by atomic mass is 35.5. The summed E-state index contributed by atoms with van der Waals surface area (Å²) in [5.74, 6) is -0.147. The van der Waals surface area contributed by atoms with Gasteiger partial charge in [-0.25, -0.2) is 0 Å². The Morgan fingerprint density at radius 3 is 2.71 bits per heavy atom. The van der Waals surface area contributed by atoms with Crippen molar-refractivity contribution in [2.45, 2.75) is 19.9 Å². The molecule has 2 aromatic rings. The van der Waals surface area contributed by atoms with Crippen molar-refractivity contribution in [3.63, 3.8) is 0 Å². The van der Waals surface area contributed by atoms with Crippen LogP contribution in [-0.2, 0) is 20.0 Å². The van der Waals surface area contributed by atoms with Crippen LogP contribution in [0.1, 0.15) is 28.8 Å². The third-order valence-electron chi connectivity index (χ3n) is 3.29. The summed E-state index contributed by atoms with van der Waals surface area (Å²) >= 11 is 6.15. The molecule has 0 atom stereocenters. The largest absolute Gasteiger partial charge is 0.308 e. The van der Waals surface area contributed by atoms with E-state index in [1.54, 1.807) is 16.4 Å². The van der Waals surface area contributed by atoms with E-state index in [4.69, 9.17) is 11.6 Å². The first kappa shape index (κ1) is 15.7. The van der Waals surface area contributed by atoms with Crippen molar-refractivity contribution < 1.29 is 4.79 Å². The van der Waals surface area contributed by atoms with Gasteiger partial charge in [-0.1, -0.05) is 18.5 Å². The molecule has 0 radical (unpaired) electrons. The van der Waals surface area contributed by atoms with E-state index in [2.05, 4.69) is 10.2 Å². The second kappa shape index (κ2) is 6.41. The van der Waals surface area contributed by atoms with Crippen molar-refractivity contribution >= 4 is 17.4 Å². The Balaban J connectivity index is 2.34. The van der Waals surface area contributed by atoms with E-state index in [9.17, 15) is 4.79 Å². The summed E-state index contributed by atoms with van der Waals surface area (Å²) in [5, 5.41) is 8.88. The van der Waals surface area contributed by atoms with Gasteiger partial charge in [0.25, 0.3) is 0 Å². The molecule has 7 heteroatoms. The first-order valence-electron chi connectivity index (χ1n) is 6.87. The normalized spacial score (nSPS) is 11.3. The standard InChI is InChI=1S/C14H20ClN5O/c1-5-10-8-12(19(4)17-10)14(21)13-11(15)9-16-20(13)7-6-18(2)3/h8-9H,5-7H2,1-4H3. The van der Waals surface area contributed by atoms with Crippen LogP contribution in [-0.4, -0.2) is 50.9 Å². The molecule has 2 heterocycles. The molecule has 0 saturated carbocycles.